The molecule has 1 aromatic heterocycles. The number of carbonyl (C=O) groups excluding carboxylic acids is 1. The zero-order valence-corrected chi connectivity index (χ0v) is 8.82. The van der Waals surface area contributed by atoms with Crippen LogP contribution in [0.3, 0.4) is 0 Å². The maximum absolute atomic E-state index is 11.3. The normalized spacial score (nSPS) is 14.2. The van der Waals surface area contributed by atoms with Crippen LogP contribution in [0.1, 0.15) is 19.0 Å². The van der Waals surface area contributed by atoms with Crippen molar-refractivity contribution in [2.75, 3.05) is 18.5 Å². The molecule has 0 saturated heterocycles. The van der Waals surface area contributed by atoms with Crippen molar-refractivity contribution >= 4 is 11.9 Å². The highest BCUT2D eigenvalue weighted by Gasteiger charge is 2.15. The molecular weight excluding hydrogens is 194 g/mol. The molecule has 1 aliphatic heterocycles. The molecule has 2 rings (SSSR count). The first-order valence-corrected chi connectivity index (χ1v) is 5.25. The highest BCUT2D eigenvalue weighted by atomic mass is 16.5. The molecular formula is C10H15N3O2. The van der Waals surface area contributed by atoms with E-state index in [0.717, 1.165) is 31.2 Å². The molecule has 0 radical (unpaired) electrons. The molecule has 0 amide bonds. The number of carbonyl (C=O) groups is 1. The van der Waals surface area contributed by atoms with Crippen LogP contribution in [0, 0.1) is 0 Å². The second-order valence-electron chi connectivity index (χ2n) is 3.49. The summed E-state index contributed by atoms with van der Waals surface area (Å²) < 4.78 is 6.95. The van der Waals surface area contributed by atoms with Gasteiger partial charge in [-0.05, 0) is 13.3 Å². The van der Waals surface area contributed by atoms with Crippen molar-refractivity contribution in [3.05, 3.63) is 11.9 Å². The predicted molar refractivity (Wildman–Crippen MR) is 55.7 cm³/mol. The van der Waals surface area contributed by atoms with Crippen LogP contribution in [-0.4, -0.2) is 28.7 Å². The third kappa shape index (κ3) is 2.11. The number of nitrogens with zero attached hydrogens (tertiary/aromatic N) is 2. The molecule has 0 aliphatic carbocycles. The molecule has 0 saturated carbocycles. The van der Waals surface area contributed by atoms with Crippen molar-refractivity contribution in [2.24, 2.45) is 0 Å². The minimum absolute atomic E-state index is 0.189. The van der Waals surface area contributed by atoms with E-state index >= 15 is 0 Å². The first kappa shape index (κ1) is 10.0. The van der Waals surface area contributed by atoms with E-state index in [9.17, 15) is 4.79 Å². The van der Waals surface area contributed by atoms with Gasteiger partial charge in [0, 0.05) is 13.1 Å². The molecule has 2 heterocycles. The van der Waals surface area contributed by atoms with Crippen LogP contribution in [0.15, 0.2) is 6.20 Å². The van der Waals surface area contributed by atoms with Gasteiger partial charge in [-0.3, -0.25) is 4.79 Å². The van der Waals surface area contributed by atoms with Gasteiger partial charge in [0.15, 0.2) is 0 Å². The molecule has 5 nitrogen and oxygen atoms in total. The number of hydrogen-bond donors (Lipinski definition) is 1. The van der Waals surface area contributed by atoms with Crippen molar-refractivity contribution in [3.63, 3.8) is 0 Å². The Morgan fingerprint density at radius 3 is 3.40 bits per heavy atom. The maximum atomic E-state index is 11.3. The highest BCUT2D eigenvalue weighted by Crippen LogP contribution is 2.16. The van der Waals surface area contributed by atoms with Gasteiger partial charge in [-0.25, -0.2) is 4.98 Å². The molecule has 5 heteroatoms. The minimum atomic E-state index is -0.189. The molecule has 0 atom stereocenters. The zero-order valence-electron chi connectivity index (χ0n) is 8.82. The van der Waals surface area contributed by atoms with Crippen molar-refractivity contribution in [1.82, 2.24) is 9.55 Å². The van der Waals surface area contributed by atoms with Gasteiger partial charge in [-0.1, -0.05) is 0 Å². The van der Waals surface area contributed by atoms with Gasteiger partial charge in [-0.15, -0.1) is 0 Å². The Morgan fingerprint density at radius 1 is 1.73 bits per heavy atom. The summed E-state index contributed by atoms with van der Waals surface area (Å²) in [5.41, 5.74) is 0.927. The molecule has 0 fully saturated rings. The average Bonchev–Trinajstić information content (AvgIpc) is 2.62. The van der Waals surface area contributed by atoms with Gasteiger partial charge in [0.25, 0.3) is 0 Å². The lowest BCUT2D eigenvalue weighted by molar-refractivity contribution is -0.142. The SMILES string of the molecule is CCOC(=O)Cc1cnc2n1CCCN2. The number of fused-ring (bicyclic) bond motifs is 1. The molecule has 0 bridgehead atoms. The third-order valence-corrected chi connectivity index (χ3v) is 2.41. The standard InChI is InChI=1S/C10H15N3O2/c1-2-15-9(14)6-8-7-12-10-11-4-3-5-13(8)10/h7H,2-6H2,1H3,(H,11,12). The smallest absolute Gasteiger partial charge is 0.311 e. The third-order valence-electron chi connectivity index (χ3n) is 2.41. The van der Waals surface area contributed by atoms with Crippen LogP contribution in [0.4, 0.5) is 5.95 Å². The molecule has 0 aromatic carbocycles. The molecule has 0 unspecified atom stereocenters. The molecule has 1 N–H and O–H groups in total. The maximum Gasteiger partial charge on any atom is 0.311 e. The van der Waals surface area contributed by atoms with Crippen LogP contribution < -0.4 is 5.32 Å². The fourth-order valence-electron chi connectivity index (χ4n) is 1.74. The Balaban J connectivity index is 2.08. The summed E-state index contributed by atoms with van der Waals surface area (Å²) in [5.74, 6) is 0.673. The van der Waals surface area contributed by atoms with Gasteiger partial charge in [0.1, 0.15) is 0 Å². The molecule has 0 spiro atoms. The lowest BCUT2D eigenvalue weighted by Crippen LogP contribution is -2.20. The van der Waals surface area contributed by atoms with E-state index in [1.807, 2.05) is 11.5 Å². The van der Waals surface area contributed by atoms with Crippen LogP contribution in [0.25, 0.3) is 0 Å². The minimum Gasteiger partial charge on any atom is -0.466 e. The Bertz CT molecular complexity index is 360. The van der Waals surface area contributed by atoms with Crippen LogP contribution in [0.5, 0.6) is 0 Å². The average molecular weight is 209 g/mol. The summed E-state index contributed by atoms with van der Waals surface area (Å²) in [6, 6.07) is 0. The Hall–Kier alpha value is -1.52. The van der Waals surface area contributed by atoms with Crippen LogP contribution >= 0.6 is 0 Å². The first-order valence-electron chi connectivity index (χ1n) is 5.25. The molecule has 1 aromatic rings. The van der Waals surface area contributed by atoms with E-state index in [2.05, 4.69) is 10.3 Å². The summed E-state index contributed by atoms with van der Waals surface area (Å²) in [6.07, 6.45) is 3.12. The van der Waals surface area contributed by atoms with Gasteiger partial charge < -0.3 is 14.6 Å². The fourth-order valence-corrected chi connectivity index (χ4v) is 1.74. The van der Waals surface area contributed by atoms with E-state index in [-0.39, 0.29) is 5.97 Å². The summed E-state index contributed by atoms with van der Waals surface area (Å²) >= 11 is 0. The van der Waals surface area contributed by atoms with Crippen molar-refractivity contribution in [3.8, 4) is 0 Å². The van der Waals surface area contributed by atoms with Crippen molar-refractivity contribution in [2.45, 2.75) is 26.3 Å². The Kier molecular flexibility index (Phi) is 2.89. The summed E-state index contributed by atoms with van der Waals surface area (Å²) in [6.45, 7) is 4.12. The number of esters is 1. The lowest BCUT2D eigenvalue weighted by atomic mass is 10.3. The topological polar surface area (TPSA) is 56.1 Å². The van der Waals surface area contributed by atoms with Gasteiger partial charge in [0.2, 0.25) is 5.95 Å². The quantitative estimate of drug-likeness (QED) is 0.748. The number of anilines is 1. The number of nitrogens with one attached hydrogen (secondary N) is 1. The van der Waals surface area contributed by atoms with Gasteiger partial charge in [-0.2, -0.15) is 0 Å². The van der Waals surface area contributed by atoms with E-state index in [0.29, 0.717) is 13.0 Å². The van der Waals surface area contributed by atoms with Crippen LogP contribution in [0.2, 0.25) is 0 Å². The number of imidazole rings is 1. The fraction of sp³-hybridized carbons (Fsp3) is 0.600. The van der Waals surface area contributed by atoms with E-state index in [1.165, 1.54) is 0 Å². The van der Waals surface area contributed by atoms with E-state index in [1.54, 1.807) is 6.20 Å². The highest BCUT2D eigenvalue weighted by molar-refractivity contribution is 5.72. The number of aromatic nitrogens is 2. The van der Waals surface area contributed by atoms with E-state index < -0.39 is 0 Å². The van der Waals surface area contributed by atoms with Gasteiger partial charge in [0.05, 0.1) is 24.9 Å². The summed E-state index contributed by atoms with van der Waals surface area (Å²) in [4.78, 5) is 15.5. The monoisotopic (exact) mass is 209 g/mol. The van der Waals surface area contributed by atoms with Gasteiger partial charge >= 0.3 is 5.97 Å². The van der Waals surface area contributed by atoms with Crippen LogP contribution in [-0.2, 0) is 22.5 Å². The predicted octanol–water partition coefficient (Wildman–Crippen LogP) is 0.804. The number of ether oxygens (including phenoxy) is 1. The lowest BCUT2D eigenvalue weighted by Gasteiger charge is -2.17. The Morgan fingerprint density at radius 2 is 2.60 bits per heavy atom. The summed E-state index contributed by atoms with van der Waals surface area (Å²) in [5, 5.41) is 3.19. The largest absolute Gasteiger partial charge is 0.466 e. The zero-order chi connectivity index (χ0) is 10.7. The summed E-state index contributed by atoms with van der Waals surface area (Å²) in [7, 11) is 0. The molecule has 82 valence electrons. The Labute approximate surface area is 88.4 Å². The number of rotatable bonds is 3. The van der Waals surface area contributed by atoms with E-state index in [4.69, 9.17) is 4.74 Å². The van der Waals surface area contributed by atoms with Crippen molar-refractivity contribution in [1.29, 1.82) is 0 Å². The second-order valence-corrected chi connectivity index (χ2v) is 3.49. The molecule has 15 heavy (non-hydrogen) atoms. The first-order chi connectivity index (χ1) is 7.31. The van der Waals surface area contributed by atoms with Crippen molar-refractivity contribution < 1.29 is 9.53 Å². The second kappa shape index (κ2) is 4.33. The number of hydrogen-bond acceptors (Lipinski definition) is 4. The molecule has 1 aliphatic rings.